The van der Waals surface area contributed by atoms with Crippen molar-refractivity contribution < 1.29 is 14.3 Å². The van der Waals surface area contributed by atoms with Crippen LogP contribution in [-0.2, 0) is 17.9 Å². The second kappa shape index (κ2) is 13.0. The molecule has 166 valence electrons. The fourth-order valence-corrected chi connectivity index (χ4v) is 2.64. The van der Waals surface area contributed by atoms with Crippen LogP contribution in [0.2, 0.25) is 0 Å². The number of nitrogens with one attached hydrogen (secondary N) is 2. The van der Waals surface area contributed by atoms with Crippen molar-refractivity contribution in [2.24, 2.45) is 4.99 Å². The van der Waals surface area contributed by atoms with Crippen LogP contribution in [-0.4, -0.2) is 50.6 Å². The number of carbonyl (C=O) groups is 1. The molecule has 0 saturated heterocycles. The number of nitrogens with zero attached hydrogens (tertiary/aromatic N) is 2. The van der Waals surface area contributed by atoms with Crippen LogP contribution in [0, 0.1) is 0 Å². The topological polar surface area (TPSA) is 75.2 Å². The van der Waals surface area contributed by atoms with Crippen LogP contribution >= 0.6 is 0 Å². The van der Waals surface area contributed by atoms with Crippen molar-refractivity contribution in [1.82, 2.24) is 15.5 Å². The summed E-state index contributed by atoms with van der Waals surface area (Å²) in [5.41, 5.74) is 2.03. The van der Waals surface area contributed by atoms with E-state index in [0.717, 1.165) is 23.4 Å². The van der Waals surface area contributed by atoms with Gasteiger partial charge in [-0.1, -0.05) is 43.0 Å². The Morgan fingerprint density at radius 1 is 1.13 bits per heavy atom. The monoisotopic (exact) mass is 424 g/mol. The number of benzene rings is 2. The van der Waals surface area contributed by atoms with E-state index in [2.05, 4.69) is 22.2 Å². The van der Waals surface area contributed by atoms with Crippen LogP contribution in [0.15, 0.2) is 66.2 Å². The first-order valence-corrected chi connectivity index (χ1v) is 10.3. The Bertz CT molecular complexity index is 881. The molecule has 0 atom stereocenters. The SMILES string of the molecule is C=CCOc1ccccc1CNC(=NCc1cccc(OCC(=O)N(C)C)c1)NCC. The predicted molar refractivity (Wildman–Crippen MR) is 124 cm³/mol. The number of rotatable bonds is 11. The highest BCUT2D eigenvalue weighted by atomic mass is 16.5. The van der Waals surface area contributed by atoms with Crippen LogP contribution in [0.1, 0.15) is 18.1 Å². The summed E-state index contributed by atoms with van der Waals surface area (Å²) >= 11 is 0. The van der Waals surface area contributed by atoms with Crippen molar-refractivity contribution in [1.29, 1.82) is 0 Å². The number of para-hydroxylation sites is 1. The molecule has 0 bridgehead atoms. The van der Waals surface area contributed by atoms with Gasteiger partial charge < -0.3 is 25.0 Å². The van der Waals surface area contributed by atoms with Crippen molar-refractivity contribution in [2.45, 2.75) is 20.0 Å². The summed E-state index contributed by atoms with van der Waals surface area (Å²) in [6.45, 7) is 7.99. The van der Waals surface area contributed by atoms with Gasteiger partial charge in [-0.15, -0.1) is 0 Å². The summed E-state index contributed by atoms with van der Waals surface area (Å²) in [6.07, 6.45) is 1.73. The molecule has 2 rings (SSSR count). The van der Waals surface area contributed by atoms with Gasteiger partial charge in [-0.3, -0.25) is 4.79 Å². The van der Waals surface area contributed by atoms with Crippen LogP contribution in [0.4, 0.5) is 0 Å². The minimum Gasteiger partial charge on any atom is -0.489 e. The molecule has 0 saturated carbocycles. The zero-order chi connectivity index (χ0) is 22.5. The molecule has 0 aromatic heterocycles. The third-order valence-electron chi connectivity index (χ3n) is 4.30. The maximum atomic E-state index is 11.7. The first-order valence-electron chi connectivity index (χ1n) is 10.3. The van der Waals surface area contributed by atoms with Crippen LogP contribution < -0.4 is 20.1 Å². The highest BCUT2D eigenvalue weighted by molar-refractivity contribution is 5.79. The van der Waals surface area contributed by atoms with Gasteiger partial charge in [0.05, 0.1) is 6.54 Å². The number of hydrogen-bond donors (Lipinski definition) is 2. The molecule has 0 unspecified atom stereocenters. The van der Waals surface area contributed by atoms with Gasteiger partial charge in [0.15, 0.2) is 12.6 Å². The van der Waals surface area contributed by atoms with E-state index >= 15 is 0 Å². The molecule has 2 aromatic carbocycles. The molecule has 0 aliphatic carbocycles. The lowest BCUT2D eigenvalue weighted by atomic mass is 10.2. The highest BCUT2D eigenvalue weighted by Crippen LogP contribution is 2.18. The molecule has 0 radical (unpaired) electrons. The molecule has 0 fully saturated rings. The number of aliphatic imine (C=N–C) groups is 1. The van der Waals surface area contributed by atoms with Gasteiger partial charge in [-0.05, 0) is 30.7 Å². The molecule has 31 heavy (non-hydrogen) atoms. The maximum absolute atomic E-state index is 11.7. The molecular formula is C24H32N4O3. The molecule has 0 heterocycles. The fourth-order valence-electron chi connectivity index (χ4n) is 2.64. The van der Waals surface area contributed by atoms with Gasteiger partial charge in [-0.25, -0.2) is 4.99 Å². The van der Waals surface area contributed by atoms with Crippen molar-refractivity contribution in [3.63, 3.8) is 0 Å². The second-order valence-corrected chi connectivity index (χ2v) is 6.98. The van der Waals surface area contributed by atoms with Gasteiger partial charge in [0, 0.05) is 32.7 Å². The normalized spacial score (nSPS) is 10.9. The quantitative estimate of drug-likeness (QED) is 0.330. The fraction of sp³-hybridized carbons (Fsp3) is 0.333. The maximum Gasteiger partial charge on any atom is 0.259 e. The molecule has 2 aromatic rings. The Balaban J connectivity index is 1.99. The van der Waals surface area contributed by atoms with Gasteiger partial charge in [0.2, 0.25) is 0 Å². The Morgan fingerprint density at radius 3 is 2.68 bits per heavy atom. The highest BCUT2D eigenvalue weighted by Gasteiger charge is 2.06. The van der Waals surface area contributed by atoms with Crippen molar-refractivity contribution in [2.75, 3.05) is 33.9 Å². The average molecular weight is 425 g/mol. The van der Waals surface area contributed by atoms with E-state index in [1.165, 1.54) is 4.90 Å². The van der Waals surface area contributed by atoms with Gasteiger partial charge >= 0.3 is 0 Å². The number of amides is 1. The van der Waals surface area contributed by atoms with E-state index in [4.69, 9.17) is 9.47 Å². The molecule has 0 spiro atoms. The molecule has 1 amide bonds. The molecule has 0 aliphatic heterocycles. The van der Waals surface area contributed by atoms with E-state index in [1.807, 2.05) is 55.5 Å². The van der Waals surface area contributed by atoms with Gasteiger partial charge in [0.25, 0.3) is 5.91 Å². The van der Waals surface area contributed by atoms with Crippen LogP contribution in [0.3, 0.4) is 0 Å². The lowest BCUT2D eigenvalue weighted by Gasteiger charge is -2.14. The molecule has 7 nitrogen and oxygen atoms in total. The van der Waals surface area contributed by atoms with Crippen LogP contribution in [0.5, 0.6) is 11.5 Å². The molecule has 2 N–H and O–H groups in total. The van der Waals surface area contributed by atoms with Crippen molar-refractivity contribution in [3.05, 3.63) is 72.3 Å². The zero-order valence-corrected chi connectivity index (χ0v) is 18.6. The van der Waals surface area contributed by atoms with E-state index in [9.17, 15) is 4.79 Å². The standard InChI is InChI=1S/C24H32N4O3/c1-5-14-30-22-13-8-7-11-20(22)17-27-24(25-6-2)26-16-19-10-9-12-21(15-19)31-18-23(29)28(3)4/h5,7-13,15H,1,6,14,16-18H2,2-4H3,(H2,25,26,27). The minimum absolute atomic E-state index is 0.0112. The van der Waals surface area contributed by atoms with E-state index < -0.39 is 0 Å². The Kier molecular flexibility index (Phi) is 9.94. The van der Waals surface area contributed by atoms with E-state index in [1.54, 1.807) is 20.2 Å². The largest absolute Gasteiger partial charge is 0.489 e. The third kappa shape index (κ3) is 8.42. The van der Waals surface area contributed by atoms with E-state index in [0.29, 0.717) is 31.4 Å². The van der Waals surface area contributed by atoms with Crippen molar-refractivity contribution >= 4 is 11.9 Å². The predicted octanol–water partition coefficient (Wildman–Crippen LogP) is 2.97. The number of hydrogen-bond acceptors (Lipinski definition) is 4. The lowest BCUT2D eigenvalue weighted by Crippen LogP contribution is -2.36. The minimum atomic E-state index is -0.0839. The summed E-state index contributed by atoms with van der Waals surface area (Å²) < 4.78 is 11.3. The summed E-state index contributed by atoms with van der Waals surface area (Å²) in [5.74, 6) is 2.09. The smallest absolute Gasteiger partial charge is 0.259 e. The molecule has 7 heteroatoms. The van der Waals surface area contributed by atoms with Gasteiger partial charge in [0.1, 0.15) is 18.1 Å². The summed E-state index contributed by atoms with van der Waals surface area (Å²) in [4.78, 5) is 17.9. The first kappa shape index (κ1) is 23.8. The van der Waals surface area contributed by atoms with Crippen molar-refractivity contribution in [3.8, 4) is 11.5 Å². The number of guanidine groups is 1. The Morgan fingerprint density at radius 2 is 1.94 bits per heavy atom. The molecule has 0 aliphatic rings. The number of likely N-dealkylation sites (N-methyl/N-ethyl adjacent to an activating group) is 1. The van der Waals surface area contributed by atoms with Crippen LogP contribution in [0.25, 0.3) is 0 Å². The number of ether oxygens (including phenoxy) is 2. The summed E-state index contributed by atoms with van der Waals surface area (Å²) in [6, 6.07) is 15.5. The zero-order valence-electron chi connectivity index (χ0n) is 18.6. The Labute approximate surface area is 184 Å². The van der Waals surface area contributed by atoms with E-state index in [-0.39, 0.29) is 12.5 Å². The third-order valence-corrected chi connectivity index (χ3v) is 4.30. The summed E-state index contributed by atoms with van der Waals surface area (Å²) in [5, 5.41) is 6.60. The second-order valence-electron chi connectivity index (χ2n) is 6.98. The number of carbonyl (C=O) groups excluding carboxylic acids is 1. The van der Waals surface area contributed by atoms with Gasteiger partial charge in [-0.2, -0.15) is 0 Å². The molecular weight excluding hydrogens is 392 g/mol. The first-order chi connectivity index (χ1) is 15.0. The summed E-state index contributed by atoms with van der Waals surface area (Å²) in [7, 11) is 3.41. The average Bonchev–Trinajstić information content (AvgIpc) is 2.78. The Hall–Kier alpha value is -3.48. The lowest BCUT2D eigenvalue weighted by molar-refractivity contribution is -0.130.